The third kappa shape index (κ3) is 4.08. The second kappa shape index (κ2) is 11.7. The Balaban J connectivity index is 1.36. The maximum absolute atomic E-state index is 15.7. The van der Waals surface area contributed by atoms with Gasteiger partial charge in [-0.2, -0.15) is 0 Å². The normalized spacial score (nSPS) is 24.2. The number of esters is 2. The zero-order chi connectivity index (χ0) is 36.1. The van der Waals surface area contributed by atoms with Crippen LogP contribution in [-0.2, 0) is 42.4 Å². The van der Waals surface area contributed by atoms with Gasteiger partial charge in [-0.1, -0.05) is 100 Å². The monoisotopic (exact) mass is 775 g/mol. The lowest BCUT2D eigenvalue weighted by Crippen LogP contribution is -2.57. The standard InChI is InChI=1S/C40H30BrN3O7S/c1-50-35(46)31(45)30-26-14-8-9-15-28(26)44-34(30)52-40(38(44)49)32(36(47)51-2)39(43-19-18-23-12-6-7-13-25(23)33(40)43)27-20-24(41)16-17-29(27)42(37(39)48)21-22-10-4-3-5-11-22/h3-17,20,32-33H,18-19,21H2,1-2H3/t32-,33?,39+,40-/m0/s1. The van der Waals surface area contributed by atoms with Crippen molar-refractivity contribution in [1.82, 2.24) is 9.47 Å². The smallest absolute Gasteiger partial charge is 0.379 e. The average Bonchev–Trinajstić information content (AvgIpc) is 3.82. The van der Waals surface area contributed by atoms with Crippen LogP contribution < -0.4 is 4.90 Å². The highest BCUT2D eigenvalue weighted by Crippen LogP contribution is 2.71. The van der Waals surface area contributed by atoms with Gasteiger partial charge in [0.2, 0.25) is 0 Å². The summed E-state index contributed by atoms with van der Waals surface area (Å²) in [7, 11) is 2.40. The fraction of sp³-hybridized carbons (Fsp3) is 0.225. The second-order valence-electron chi connectivity index (χ2n) is 13.4. The molecule has 5 heterocycles. The summed E-state index contributed by atoms with van der Waals surface area (Å²) in [6.07, 6.45) is 0.563. The van der Waals surface area contributed by atoms with Crippen molar-refractivity contribution in [2.45, 2.75) is 34.3 Å². The first-order valence-electron chi connectivity index (χ1n) is 16.8. The van der Waals surface area contributed by atoms with Crippen LogP contribution >= 0.6 is 27.7 Å². The Morgan fingerprint density at radius 2 is 1.62 bits per heavy atom. The number of hydrogen-bond donors (Lipinski definition) is 0. The second-order valence-corrected chi connectivity index (χ2v) is 15.5. The number of carbonyl (C=O) groups is 5. The summed E-state index contributed by atoms with van der Waals surface area (Å²) in [5.74, 6) is -4.93. The first-order chi connectivity index (χ1) is 25.2. The third-order valence-electron chi connectivity index (χ3n) is 11.1. The molecule has 0 N–H and O–H groups in total. The van der Waals surface area contributed by atoms with Gasteiger partial charge in [-0.3, -0.25) is 28.6 Å². The number of thioether (sulfide) groups is 1. The van der Waals surface area contributed by atoms with E-state index in [1.807, 2.05) is 77.7 Å². The van der Waals surface area contributed by atoms with E-state index in [1.54, 1.807) is 29.2 Å². The Hall–Kier alpha value is -5.04. The Labute approximate surface area is 310 Å². The molecule has 1 amide bonds. The van der Waals surface area contributed by atoms with E-state index in [4.69, 9.17) is 9.47 Å². The Morgan fingerprint density at radius 3 is 2.38 bits per heavy atom. The first-order valence-corrected chi connectivity index (χ1v) is 18.4. The zero-order valence-corrected chi connectivity index (χ0v) is 30.4. The molecule has 0 aliphatic carbocycles. The maximum Gasteiger partial charge on any atom is 0.379 e. The van der Waals surface area contributed by atoms with Crippen LogP contribution in [0.4, 0.5) is 5.69 Å². The molecule has 4 atom stereocenters. The highest BCUT2D eigenvalue weighted by atomic mass is 79.9. The Kier molecular flexibility index (Phi) is 7.41. The third-order valence-corrected chi connectivity index (χ3v) is 13.1. The number of nitrogens with zero attached hydrogens (tertiary/aromatic N) is 3. The van der Waals surface area contributed by atoms with Crippen LogP contribution in [0.1, 0.15) is 43.4 Å². The van der Waals surface area contributed by atoms with Crippen molar-refractivity contribution >= 4 is 73.8 Å². The topological polar surface area (TPSA) is 115 Å². The molecule has 0 saturated carbocycles. The molecule has 1 saturated heterocycles. The molecule has 4 aromatic carbocycles. The van der Waals surface area contributed by atoms with Gasteiger partial charge in [-0.25, -0.2) is 4.79 Å². The molecule has 4 aliphatic rings. The number of methoxy groups -OCH3 is 2. The lowest BCUT2D eigenvalue weighted by molar-refractivity contribution is -0.153. The molecular weight excluding hydrogens is 746 g/mol. The van der Waals surface area contributed by atoms with Crippen LogP contribution in [0, 0.1) is 5.92 Å². The molecule has 12 heteroatoms. The van der Waals surface area contributed by atoms with E-state index < -0.39 is 45.9 Å². The van der Waals surface area contributed by atoms with Crippen LogP contribution in [0.25, 0.3) is 10.9 Å². The van der Waals surface area contributed by atoms with Crippen LogP contribution in [0.15, 0.2) is 107 Å². The quantitative estimate of drug-likeness (QED) is 0.119. The minimum atomic E-state index is -1.72. The number of para-hydroxylation sites is 1. The predicted octanol–water partition coefficient (Wildman–Crippen LogP) is 6.09. The number of amides is 1. The summed E-state index contributed by atoms with van der Waals surface area (Å²) >= 11 is 4.72. The van der Waals surface area contributed by atoms with E-state index in [2.05, 4.69) is 15.9 Å². The summed E-state index contributed by atoms with van der Waals surface area (Å²) in [6, 6.07) is 29.1. The van der Waals surface area contributed by atoms with Gasteiger partial charge < -0.3 is 14.4 Å². The van der Waals surface area contributed by atoms with Crippen molar-refractivity contribution in [2.24, 2.45) is 5.92 Å². The molecule has 5 aromatic rings. The van der Waals surface area contributed by atoms with E-state index in [0.717, 1.165) is 35.6 Å². The van der Waals surface area contributed by atoms with E-state index in [9.17, 15) is 14.4 Å². The van der Waals surface area contributed by atoms with Crippen molar-refractivity contribution in [2.75, 3.05) is 25.7 Å². The fourth-order valence-electron chi connectivity index (χ4n) is 9.13. The molecule has 0 bridgehead atoms. The van der Waals surface area contributed by atoms with Gasteiger partial charge in [-0.05, 0) is 47.4 Å². The number of benzene rings is 4. The minimum Gasteiger partial charge on any atom is -0.469 e. The molecule has 9 rings (SSSR count). The number of anilines is 1. The number of carbonyl (C=O) groups excluding carboxylic acids is 5. The van der Waals surface area contributed by atoms with Crippen molar-refractivity contribution in [3.8, 4) is 0 Å². The van der Waals surface area contributed by atoms with Gasteiger partial charge in [-0.15, -0.1) is 0 Å². The van der Waals surface area contributed by atoms with E-state index in [-0.39, 0.29) is 23.0 Å². The van der Waals surface area contributed by atoms with Crippen molar-refractivity contribution in [1.29, 1.82) is 0 Å². The number of rotatable bonds is 5. The van der Waals surface area contributed by atoms with Crippen molar-refractivity contribution in [3.63, 3.8) is 0 Å². The highest BCUT2D eigenvalue weighted by Gasteiger charge is 2.81. The number of ketones is 1. The number of halogens is 1. The molecule has 1 unspecified atom stereocenters. The maximum atomic E-state index is 15.7. The molecule has 0 radical (unpaired) electrons. The fourth-order valence-corrected chi connectivity index (χ4v) is 11.3. The molecule has 4 aliphatic heterocycles. The summed E-state index contributed by atoms with van der Waals surface area (Å²) in [4.78, 5) is 76.7. The molecule has 1 fully saturated rings. The molecule has 1 aromatic heterocycles. The van der Waals surface area contributed by atoms with Crippen LogP contribution in [0.3, 0.4) is 0 Å². The van der Waals surface area contributed by atoms with Gasteiger partial charge in [0.05, 0.1) is 42.9 Å². The van der Waals surface area contributed by atoms with Gasteiger partial charge >= 0.3 is 11.9 Å². The number of aromatic nitrogens is 1. The summed E-state index contributed by atoms with van der Waals surface area (Å²) in [5.41, 5.74) is 2.64. The Morgan fingerprint density at radius 1 is 0.885 bits per heavy atom. The molecule has 260 valence electrons. The van der Waals surface area contributed by atoms with E-state index >= 15 is 9.59 Å². The lowest BCUT2D eigenvalue weighted by atomic mass is 9.73. The molecule has 2 spiro atoms. The summed E-state index contributed by atoms with van der Waals surface area (Å²) in [5, 5.41) is 0.628. The molecule has 52 heavy (non-hydrogen) atoms. The first kappa shape index (κ1) is 32.8. The zero-order valence-electron chi connectivity index (χ0n) is 28.0. The SMILES string of the molecule is COC(=O)C(=O)c1c2n(c3ccccc13)C(=O)[C@@]1(S2)C2c3ccccc3CCN2[C@@]2(C(=O)N(Cc3ccccc3)c3ccc(Br)cc32)[C@@H]1C(=O)OC. The highest BCUT2D eigenvalue weighted by molar-refractivity contribution is 9.10. The number of hydrogen-bond acceptors (Lipinski definition) is 9. The summed E-state index contributed by atoms with van der Waals surface area (Å²) < 4.78 is 10.9. The van der Waals surface area contributed by atoms with Gasteiger partial charge in [0.1, 0.15) is 16.2 Å². The lowest BCUT2D eigenvalue weighted by Gasteiger charge is -2.42. The van der Waals surface area contributed by atoms with Crippen LogP contribution in [0.5, 0.6) is 0 Å². The van der Waals surface area contributed by atoms with Gasteiger partial charge in [0, 0.05) is 27.7 Å². The van der Waals surface area contributed by atoms with E-state index in [1.165, 1.54) is 11.7 Å². The number of ether oxygens (including phenoxy) is 2. The van der Waals surface area contributed by atoms with Gasteiger partial charge in [0.15, 0.2) is 0 Å². The van der Waals surface area contributed by atoms with Crippen molar-refractivity contribution in [3.05, 3.63) is 129 Å². The largest absolute Gasteiger partial charge is 0.469 e. The average molecular weight is 777 g/mol. The van der Waals surface area contributed by atoms with Crippen molar-refractivity contribution < 1.29 is 33.4 Å². The number of fused-ring (bicyclic) bond motifs is 10. The molecular formula is C40H30BrN3O7S. The Bertz CT molecular complexity index is 2410. The molecule has 10 nitrogen and oxygen atoms in total. The van der Waals surface area contributed by atoms with Crippen LogP contribution in [-0.4, -0.2) is 64.5 Å². The summed E-state index contributed by atoms with van der Waals surface area (Å²) in [6.45, 7) is 0.584. The van der Waals surface area contributed by atoms with E-state index in [0.29, 0.717) is 39.6 Å². The minimum absolute atomic E-state index is 0.0180. The van der Waals surface area contributed by atoms with Crippen LogP contribution in [0.2, 0.25) is 0 Å². The predicted molar refractivity (Wildman–Crippen MR) is 196 cm³/mol. The number of Topliss-reactive ketones (excluding diaryl/α,β-unsaturated/α-hetero) is 1. The van der Waals surface area contributed by atoms with Gasteiger partial charge in [0.25, 0.3) is 17.6 Å².